The molecule has 124 valence electrons. The van der Waals surface area contributed by atoms with Crippen molar-refractivity contribution < 1.29 is 5.11 Å². The van der Waals surface area contributed by atoms with Crippen LogP contribution in [0.3, 0.4) is 0 Å². The van der Waals surface area contributed by atoms with Gasteiger partial charge in [-0.15, -0.1) is 0 Å². The maximum absolute atomic E-state index is 9.10. The summed E-state index contributed by atoms with van der Waals surface area (Å²) in [5, 5.41) is 12.8. The van der Waals surface area contributed by atoms with Crippen molar-refractivity contribution in [1.29, 1.82) is 0 Å². The van der Waals surface area contributed by atoms with Gasteiger partial charge in [0.05, 0.1) is 0 Å². The number of aliphatic hydroxyl groups is 1. The monoisotopic (exact) mass is 296 g/mol. The lowest BCUT2D eigenvalue weighted by atomic mass is 9.73. The molecule has 1 saturated carbocycles. The molecule has 3 heteroatoms. The van der Waals surface area contributed by atoms with E-state index in [1.54, 1.807) is 0 Å². The Balaban J connectivity index is 1.90. The summed E-state index contributed by atoms with van der Waals surface area (Å²) in [6.45, 7) is 7.56. The molecule has 3 nitrogen and oxygen atoms in total. The molecule has 0 spiro atoms. The molecule has 0 amide bonds. The SMILES string of the molecule is CCCNCC1(CN2CCCC2CCCO)CCCCC1. The summed E-state index contributed by atoms with van der Waals surface area (Å²) >= 11 is 0. The van der Waals surface area contributed by atoms with Crippen LogP contribution in [0.15, 0.2) is 0 Å². The maximum atomic E-state index is 9.10. The molecule has 0 aromatic heterocycles. The molecule has 21 heavy (non-hydrogen) atoms. The molecule has 2 rings (SSSR count). The van der Waals surface area contributed by atoms with Crippen LogP contribution >= 0.6 is 0 Å². The van der Waals surface area contributed by atoms with Gasteiger partial charge in [-0.05, 0) is 63.5 Å². The molecule has 1 saturated heterocycles. The first-order valence-corrected chi connectivity index (χ1v) is 9.35. The molecule has 2 aliphatic rings. The molecule has 1 atom stereocenters. The lowest BCUT2D eigenvalue weighted by Gasteiger charge is -2.42. The zero-order valence-electron chi connectivity index (χ0n) is 14.1. The molecule has 1 heterocycles. The van der Waals surface area contributed by atoms with E-state index in [9.17, 15) is 0 Å². The summed E-state index contributed by atoms with van der Waals surface area (Å²) in [6.07, 6.45) is 13.2. The van der Waals surface area contributed by atoms with E-state index in [-0.39, 0.29) is 0 Å². The maximum Gasteiger partial charge on any atom is 0.0431 e. The zero-order valence-corrected chi connectivity index (χ0v) is 14.1. The van der Waals surface area contributed by atoms with Crippen molar-refractivity contribution in [3.05, 3.63) is 0 Å². The summed E-state index contributed by atoms with van der Waals surface area (Å²) in [7, 11) is 0. The second-order valence-electron chi connectivity index (χ2n) is 7.37. The first-order chi connectivity index (χ1) is 10.3. The molecule has 1 unspecified atom stereocenters. The minimum atomic E-state index is 0.355. The fourth-order valence-corrected chi connectivity index (χ4v) is 4.41. The van der Waals surface area contributed by atoms with E-state index in [0.29, 0.717) is 12.0 Å². The Hall–Kier alpha value is -0.120. The fourth-order valence-electron chi connectivity index (χ4n) is 4.41. The Morgan fingerprint density at radius 2 is 2.00 bits per heavy atom. The minimum absolute atomic E-state index is 0.355. The zero-order chi connectivity index (χ0) is 15.0. The van der Waals surface area contributed by atoms with E-state index in [1.165, 1.54) is 77.4 Å². The van der Waals surface area contributed by atoms with Crippen molar-refractivity contribution in [3.8, 4) is 0 Å². The van der Waals surface area contributed by atoms with E-state index < -0.39 is 0 Å². The van der Waals surface area contributed by atoms with Crippen molar-refractivity contribution >= 4 is 0 Å². The van der Waals surface area contributed by atoms with Crippen LogP contribution < -0.4 is 5.32 Å². The van der Waals surface area contributed by atoms with Crippen LogP contribution in [0.5, 0.6) is 0 Å². The van der Waals surface area contributed by atoms with Crippen LogP contribution in [0.25, 0.3) is 0 Å². The van der Waals surface area contributed by atoms with Crippen LogP contribution in [-0.4, -0.2) is 48.8 Å². The number of rotatable bonds is 9. The van der Waals surface area contributed by atoms with Crippen molar-refractivity contribution in [2.24, 2.45) is 5.41 Å². The van der Waals surface area contributed by atoms with Crippen LogP contribution in [0, 0.1) is 5.41 Å². The lowest BCUT2D eigenvalue weighted by molar-refractivity contribution is 0.0900. The molecule has 0 bridgehead atoms. The molecule has 0 aromatic rings. The Morgan fingerprint density at radius 1 is 1.19 bits per heavy atom. The summed E-state index contributed by atoms with van der Waals surface area (Å²) in [4.78, 5) is 2.76. The van der Waals surface area contributed by atoms with Gasteiger partial charge in [-0.1, -0.05) is 26.2 Å². The molecule has 1 aliphatic heterocycles. The Kier molecular flexibility index (Phi) is 7.48. The standard InChI is InChI=1S/C18H36N2O/c1-2-12-19-15-18(10-4-3-5-11-18)16-20-13-6-8-17(20)9-7-14-21/h17,19,21H,2-16H2,1H3. The highest BCUT2D eigenvalue weighted by Gasteiger charge is 2.36. The van der Waals surface area contributed by atoms with Gasteiger partial charge in [0.25, 0.3) is 0 Å². The highest BCUT2D eigenvalue weighted by Crippen LogP contribution is 2.38. The number of hydrogen-bond acceptors (Lipinski definition) is 3. The van der Waals surface area contributed by atoms with E-state index in [2.05, 4.69) is 17.1 Å². The first-order valence-electron chi connectivity index (χ1n) is 9.35. The van der Waals surface area contributed by atoms with E-state index in [4.69, 9.17) is 5.11 Å². The number of aliphatic hydroxyl groups excluding tert-OH is 1. The average molecular weight is 296 g/mol. The van der Waals surface area contributed by atoms with E-state index >= 15 is 0 Å². The topological polar surface area (TPSA) is 35.5 Å². The third-order valence-electron chi connectivity index (χ3n) is 5.57. The molecular formula is C18H36N2O. The quantitative estimate of drug-likeness (QED) is 0.642. The van der Waals surface area contributed by atoms with Gasteiger partial charge in [-0.25, -0.2) is 0 Å². The molecule has 2 fully saturated rings. The molecule has 0 radical (unpaired) electrons. The second kappa shape index (κ2) is 9.12. The first kappa shape index (κ1) is 17.2. The third kappa shape index (κ3) is 5.22. The average Bonchev–Trinajstić information content (AvgIpc) is 2.93. The molecule has 2 N–H and O–H groups in total. The van der Waals surface area contributed by atoms with Gasteiger partial charge in [0, 0.05) is 25.7 Å². The summed E-state index contributed by atoms with van der Waals surface area (Å²) < 4.78 is 0. The largest absolute Gasteiger partial charge is 0.396 e. The number of likely N-dealkylation sites (tertiary alicyclic amines) is 1. The lowest BCUT2D eigenvalue weighted by Crippen LogP contribution is -2.47. The van der Waals surface area contributed by atoms with Gasteiger partial charge >= 0.3 is 0 Å². The summed E-state index contributed by atoms with van der Waals surface area (Å²) in [5.74, 6) is 0. The Bertz CT molecular complexity index is 276. The highest BCUT2D eigenvalue weighted by atomic mass is 16.2. The van der Waals surface area contributed by atoms with Gasteiger partial charge in [0.1, 0.15) is 0 Å². The van der Waals surface area contributed by atoms with Gasteiger partial charge in [-0.3, -0.25) is 4.90 Å². The molecule has 1 aliphatic carbocycles. The smallest absolute Gasteiger partial charge is 0.0431 e. The Morgan fingerprint density at radius 3 is 2.71 bits per heavy atom. The van der Waals surface area contributed by atoms with Crippen LogP contribution in [0.1, 0.15) is 71.1 Å². The number of hydrogen-bond donors (Lipinski definition) is 2. The van der Waals surface area contributed by atoms with Crippen LogP contribution in [0.4, 0.5) is 0 Å². The Labute approximate surface area is 131 Å². The van der Waals surface area contributed by atoms with E-state index in [1.807, 2.05) is 0 Å². The predicted molar refractivity (Wildman–Crippen MR) is 89.6 cm³/mol. The van der Waals surface area contributed by atoms with Crippen LogP contribution in [-0.2, 0) is 0 Å². The summed E-state index contributed by atoms with van der Waals surface area (Å²) in [5.41, 5.74) is 0.523. The van der Waals surface area contributed by atoms with Gasteiger partial charge in [-0.2, -0.15) is 0 Å². The highest BCUT2D eigenvalue weighted by molar-refractivity contribution is 4.91. The number of nitrogens with one attached hydrogen (secondary N) is 1. The van der Waals surface area contributed by atoms with Crippen molar-refractivity contribution in [2.45, 2.75) is 77.2 Å². The number of nitrogens with zero attached hydrogens (tertiary/aromatic N) is 1. The molecular weight excluding hydrogens is 260 g/mol. The minimum Gasteiger partial charge on any atom is -0.396 e. The van der Waals surface area contributed by atoms with Gasteiger partial charge in [0.2, 0.25) is 0 Å². The second-order valence-corrected chi connectivity index (χ2v) is 7.37. The van der Waals surface area contributed by atoms with Crippen molar-refractivity contribution in [1.82, 2.24) is 10.2 Å². The van der Waals surface area contributed by atoms with Gasteiger partial charge < -0.3 is 10.4 Å². The van der Waals surface area contributed by atoms with E-state index in [0.717, 1.165) is 19.0 Å². The predicted octanol–water partition coefficient (Wildman–Crippen LogP) is 3.17. The van der Waals surface area contributed by atoms with Crippen LogP contribution in [0.2, 0.25) is 0 Å². The molecule has 0 aromatic carbocycles. The summed E-state index contributed by atoms with van der Waals surface area (Å²) in [6, 6.07) is 0.738. The van der Waals surface area contributed by atoms with Gasteiger partial charge in [0.15, 0.2) is 0 Å². The third-order valence-corrected chi connectivity index (χ3v) is 5.57. The fraction of sp³-hybridized carbons (Fsp3) is 1.00. The van der Waals surface area contributed by atoms with Crippen molar-refractivity contribution in [2.75, 3.05) is 32.8 Å². The normalized spacial score (nSPS) is 26.3. The van der Waals surface area contributed by atoms with Crippen molar-refractivity contribution in [3.63, 3.8) is 0 Å².